The first-order chi connectivity index (χ1) is 15.5. The standard InChI is InChI=1S/C27H26ClFN2O/c1-18-19(2)31(14-4-13-28)26-12-7-21(17-25(18)26)15-20-5-3-6-22(16-20)27(32)30-24-10-8-23(29)9-11-24/h3,5-12,16-17H,4,13-15H2,1-2H3,(H,30,32). The molecule has 0 atom stereocenters. The Morgan fingerprint density at radius 2 is 1.75 bits per heavy atom. The average Bonchev–Trinajstić information content (AvgIpc) is 3.03. The molecular formula is C27H26ClFN2O. The summed E-state index contributed by atoms with van der Waals surface area (Å²) in [7, 11) is 0. The summed E-state index contributed by atoms with van der Waals surface area (Å²) < 4.78 is 15.4. The third kappa shape index (κ3) is 4.71. The molecule has 0 radical (unpaired) electrons. The van der Waals surface area contributed by atoms with Crippen molar-refractivity contribution >= 4 is 34.1 Å². The maximum Gasteiger partial charge on any atom is 0.255 e. The highest BCUT2D eigenvalue weighted by molar-refractivity contribution is 6.17. The fourth-order valence-electron chi connectivity index (χ4n) is 4.11. The van der Waals surface area contributed by atoms with E-state index in [2.05, 4.69) is 41.9 Å². The summed E-state index contributed by atoms with van der Waals surface area (Å²) in [6.45, 7) is 5.25. The van der Waals surface area contributed by atoms with Crippen LogP contribution in [0.15, 0.2) is 66.7 Å². The van der Waals surface area contributed by atoms with E-state index in [1.54, 1.807) is 18.2 Å². The van der Waals surface area contributed by atoms with Gasteiger partial charge in [0.1, 0.15) is 5.82 Å². The van der Waals surface area contributed by atoms with Gasteiger partial charge >= 0.3 is 0 Å². The van der Waals surface area contributed by atoms with Gasteiger partial charge in [-0.15, -0.1) is 11.6 Å². The summed E-state index contributed by atoms with van der Waals surface area (Å²) >= 11 is 5.91. The van der Waals surface area contributed by atoms with Crippen molar-refractivity contribution in [2.24, 2.45) is 0 Å². The number of halogens is 2. The Labute approximate surface area is 192 Å². The average molecular weight is 449 g/mol. The highest BCUT2D eigenvalue weighted by Gasteiger charge is 2.12. The molecule has 5 heteroatoms. The maximum atomic E-state index is 13.1. The molecule has 0 aliphatic carbocycles. The molecule has 0 aliphatic rings. The molecule has 0 aliphatic heterocycles. The quantitative estimate of drug-likeness (QED) is 0.307. The number of amides is 1. The zero-order valence-corrected chi connectivity index (χ0v) is 19.0. The van der Waals surface area contributed by atoms with Crippen LogP contribution in [-0.4, -0.2) is 16.4 Å². The van der Waals surface area contributed by atoms with Crippen LogP contribution in [-0.2, 0) is 13.0 Å². The normalized spacial score (nSPS) is 11.1. The number of fused-ring (bicyclic) bond motifs is 1. The van der Waals surface area contributed by atoms with Crippen molar-refractivity contribution in [3.05, 3.63) is 100 Å². The van der Waals surface area contributed by atoms with E-state index < -0.39 is 0 Å². The van der Waals surface area contributed by atoms with E-state index in [4.69, 9.17) is 11.6 Å². The van der Waals surface area contributed by atoms with E-state index in [0.29, 0.717) is 17.1 Å². The first-order valence-electron chi connectivity index (χ1n) is 10.8. The number of rotatable bonds is 7. The van der Waals surface area contributed by atoms with Gasteiger partial charge in [-0.25, -0.2) is 4.39 Å². The second-order valence-corrected chi connectivity index (χ2v) is 8.47. The second-order valence-electron chi connectivity index (χ2n) is 8.09. The number of nitrogens with zero attached hydrogens (tertiary/aromatic N) is 1. The number of aryl methyl sites for hydroxylation is 2. The van der Waals surface area contributed by atoms with Gasteiger partial charge in [-0.1, -0.05) is 18.2 Å². The van der Waals surface area contributed by atoms with Crippen molar-refractivity contribution in [1.82, 2.24) is 4.57 Å². The second kappa shape index (κ2) is 9.58. The fourth-order valence-corrected chi connectivity index (χ4v) is 4.23. The Morgan fingerprint density at radius 3 is 2.50 bits per heavy atom. The molecule has 0 unspecified atom stereocenters. The van der Waals surface area contributed by atoms with Crippen molar-refractivity contribution in [1.29, 1.82) is 0 Å². The van der Waals surface area contributed by atoms with Crippen LogP contribution in [0.3, 0.4) is 0 Å². The monoisotopic (exact) mass is 448 g/mol. The molecule has 4 aromatic rings. The predicted octanol–water partition coefficient (Wildman–Crippen LogP) is 6.87. The molecule has 0 saturated heterocycles. The number of carbonyl (C=O) groups excluding carboxylic acids is 1. The van der Waals surface area contributed by atoms with Crippen LogP contribution >= 0.6 is 11.6 Å². The van der Waals surface area contributed by atoms with Crippen molar-refractivity contribution in [3.63, 3.8) is 0 Å². The highest BCUT2D eigenvalue weighted by atomic mass is 35.5. The fraction of sp³-hybridized carbons (Fsp3) is 0.222. The maximum absolute atomic E-state index is 13.1. The van der Waals surface area contributed by atoms with Gasteiger partial charge in [0.15, 0.2) is 0 Å². The van der Waals surface area contributed by atoms with E-state index >= 15 is 0 Å². The number of nitrogens with one attached hydrogen (secondary N) is 1. The summed E-state index contributed by atoms with van der Waals surface area (Å²) in [5, 5.41) is 4.08. The first kappa shape index (κ1) is 22.1. The molecule has 3 aromatic carbocycles. The van der Waals surface area contributed by atoms with E-state index in [9.17, 15) is 9.18 Å². The summed E-state index contributed by atoms with van der Waals surface area (Å²) in [5.41, 5.74) is 7.22. The molecule has 0 fully saturated rings. The minimum Gasteiger partial charge on any atom is -0.345 e. The van der Waals surface area contributed by atoms with Crippen molar-refractivity contribution < 1.29 is 9.18 Å². The lowest BCUT2D eigenvalue weighted by Gasteiger charge is -2.09. The van der Waals surface area contributed by atoms with Gasteiger partial charge in [-0.05, 0) is 91.9 Å². The molecule has 1 N–H and O–H groups in total. The molecule has 1 aromatic heterocycles. The largest absolute Gasteiger partial charge is 0.345 e. The zero-order valence-electron chi connectivity index (χ0n) is 18.3. The molecule has 1 amide bonds. The smallest absolute Gasteiger partial charge is 0.255 e. The number of anilines is 1. The number of hydrogen-bond acceptors (Lipinski definition) is 1. The SMILES string of the molecule is Cc1c(C)n(CCCCl)c2ccc(Cc3cccc(C(=O)Nc4ccc(F)cc4)c3)cc12. The summed E-state index contributed by atoms with van der Waals surface area (Å²) in [6, 6.07) is 20.0. The van der Waals surface area contributed by atoms with Crippen LogP contribution in [0.4, 0.5) is 10.1 Å². The molecule has 0 bridgehead atoms. The number of benzene rings is 3. The summed E-state index contributed by atoms with van der Waals surface area (Å²) in [4.78, 5) is 12.6. The van der Waals surface area contributed by atoms with Gasteiger partial charge < -0.3 is 9.88 Å². The Hall–Kier alpha value is -3.11. The van der Waals surface area contributed by atoms with Crippen LogP contribution in [0.1, 0.15) is 39.2 Å². The van der Waals surface area contributed by atoms with Crippen molar-refractivity contribution in [2.75, 3.05) is 11.2 Å². The van der Waals surface area contributed by atoms with Crippen LogP contribution in [0.25, 0.3) is 10.9 Å². The van der Waals surface area contributed by atoms with Gasteiger partial charge in [-0.3, -0.25) is 4.79 Å². The molecule has 3 nitrogen and oxygen atoms in total. The molecule has 0 spiro atoms. The lowest BCUT2D eigenvalue weighted by Crippen LogP contribution is -2.12. The van der Waals surface area contributed by atoms with E-state index in [-0.39, 0.29) is 11.7 Å². The van der Waals surface area contributed by atoms with Crippen LogP contribution < -0.4 is 5.32 Å². The summed E-state index contributed by atoms with van der Waals surface area (Å²) in [5.74, 6) is 0.111. The molecule has 1 heterocycles. The number of hydrogen-bond donors (Lipinski definition) is 1. The third-order valence-electron chi connectivity index (χ3n) is 5.92. The Kier molecular flexibility index (Phi) is 6.61. The third-order valence-corrected chi connectivity index (χ3v) is 6.19. The zero-order chi connectivity index (χ0) is 22.7. The van der Waals surface area contributed by atoms with Gasteiger partial charge in [0.05, 0.1) is 0 Å². The van der Waals surface area contributed by atoms with Crippen LogP contribution in [0.2, 0.25) is 0 Å². The van der Waals surface area contributed by atoms with Gasteiger partial charge in [-0.2, -0.15) is 0 Å². The topological polar surface area (TPSA) is 34.0 Å². The van der Waals surface area contributed by atoms with E-state index in [1.807, 2.05) is 18.2 Å². The number of carbonyl (C=O) groups is 1. The van der Waals surface area contributed by atoms with Crippen molar-refractivity contribution in [2.45, 2.75) is 33.2 Å². The van der Waals surface area contributed by atoms with Gasteiger partial charge in [0.25, 0.3) is 5.91 Å². The number of alkyl halides is 1. The van der Waals surface area contributed by atoms with E-state index in [0.717, 1.165) is 24.9 Å². The minimum atomic E-state index is -0.332. The Bertz CT molecular complexity index is 1260. The lowest BCUT2D eigenvalue weighted by molar-refractivity contribution is 0.102. The molecule has 164 valence electrons. The Morgan fingerprint density at radius 1 is 1.00 bits per heavy atom. The van der Waals surface area contributed by atoms with Crippen molar-refractivity contribution in [3.8, 4) is 0 Å². The lowest BCUT2D eigenvalue weighted by atomic mass is 10.0. The molecule has 32 heavy (non-hydrogen) atoms. The van der Waals surface area contributed by atoms with Gasteiger partial charge in [0.2, 0.25) is 0 Å². The van der Waals surface area contributed by atoms with Gasteiger partial charge in [0, 0.05) is 40.3 Å². The summed E-state index contributed by atoms with van der Waals surface area (Å²) in [6.07, 6.45) is 1.68. The molecular weight excluding hydrogens is 423 g/mol. The minimum absolute atomic E-state index is 0.211. The molecule has 4 rings (SSSR count). The predicted molar refractivity (Wildman–Crippen MR) is 130 cm³/mol. The molecule has 0 saturated carbocycles. The Balaban J connectivity index is 1.54. The number of aromatic nitrogens is 1. The van der Waals surface area contributed by atoms with Crippen LogP contribution in [0.5, 0.6) is 0 Å². The van der Waals surface area contributed by atoms with Crippen LogP contribution in [0, 0.1) is 19.7 Å². The van der Waals surface area contributed by atoms with E-state index in [1.165, 1.54) is 39.9 Å². The first-order valence-corrected chi connectivity index (χ1v) is 11.3. The highest BCUT2D eigenvalue weighted by Crippen LogP contribution is 2.27.